The first-order valence-electron chi connectivity index (χ1n) is 23.2. The molecule has 0 fully saturated rings. The number of aliphatic hydroxyl groups is 1. The number of aliphatic hydroxyl groups excluding tert-OH is 1. The van der Waals surface area contributed by atoms with Gasteiger partial charge in [-0.2, -0.15) is 0 Å². The van der Waals surface area contributed by atoms with Crippen LogP contribution in [-0.4, -0.2) is 68.5 Å². The first kappa shape index (κ1) is 57.2. The molecule has 0 aliphatic carbocycles. The normalized spacial score (nSPS) is 15.2. The number of carbonyl (C=O) groups is 1. The zero-order valence-corrected chi connectivity index (χ0v) is 39.5. The molecule has 0 saturated heterocycles. The lowest BCUT2D eigenvalue weighted by atomic mass is 10.1. The van der Waals surface area contributed by atoms with Gasteiger partial charge < -0.3 is 28.8 Å². The van der Waals surface area contributed by atoms with Crippen molar-refractivity contribution in [2.24, 2.45) is 0 Å². The van der Waals surface area contributed by atoms with E-state index in [0.717, 1.165) is 96.3 Å². The number of likely N-dealkylation sites (N-methyl/N-ethyl adjacent to an activating group) is 1. The maximum atomic E-state index is 12.8. The van der Waals surface area contributed by atoms with Crippen LogP contribution >= 0.6 is 7.82 Å². The van der Waals surface area contributed by atoms with Crippen molar-refractivity contribution in [3.63, 3.8) is 0 Å². The van der Waals surface area contributed by atoms with Gasteiger partial charge in [0.15, 0.2) is 0 Å². The summed E-state index contributed by atoms with van der Waals surface area (Å²) in [5.41, 5.74) is 0. The van der Waals surface area contributed by atoms with Crippen molar-refractivity contribution in [1.82, 2.24) is 5.32 Å². The van der Waals surface area contributed by atoms with E-state index in [1.807, 2.05) is 27.2 Å². The lowest BCUT2D eigenvalue weighted by molar-refractivity contribution is -0.870. The van der Waals surface area contributed by atoms with Gasteiger partial charge in [-0.05, 0) is 89.9 Å². The van der Waals surface area contributed by atoms with E-state index in [2.05, 4.69) is 116 Å². The van der Waals surface area contributed by atoms with Crippen molar-refractivity contribution in [2.75, 3.05) is 40.9 Å². The predicted molar refractivity (Wildman–Crippen MR) is 256 cm³/mol. The Balaban J connectivity index is 4.25. The van der Waals surface area contributed by atoms with Crippen LogP contribution in [0.15, 0.2) is 109 Å². The van der Waals surface area contributed by atoms with Gasteiger partial charge in [0, 0.05) is 6.42 Å². The van der Waals surface area contributed by atoms with Gasteiger partial charge in [-0.3, -0.25) is 9.36 Å². The zero-order valence-electron chi connectivity index (χ0n) is 38.6. The Bertz CT molecular complexity index is 1340. The minimum absolute atomic E-state index is 0.0154. The van der Waals surface area contributed by atoms with E-state index < -0.39 is 26.6 Å². The van der Waals surface area contributed by atoms with Crippen molar-refractivity contribution in [3.05, 3.63) is 109 Å². The molecule has 1 amide bonds. The Hall–Kier alpha value is -2.84. The number of unbranched alkanes of at least 4 members (excludes halogenated alkanes) is 11. The summed E-state index contributed by atoms with van der Waals surface area (Å²) in [4.78, 5) is 25.2. The topological polar surface area (TPSA) is 108 Å². The molecular weight excluding hydrogens is 768 g/mol. The Morgan fingerprint density at radius 1 is 0.600 bits per heavy atom. The van der Waals surface area contributed by atoms with Crippen molar-refractivity contribution in [2.45, 2.75) is 167 Å². The molecule has 0 saturated carbocycles. The second-order valence-corrected chi connectivity index (χ2v) is 17.8. The highest BCUT2D eigenvalue weighted by molar-refractivity contribution is 7.45. The number of nitrogens with zero attached hydrogens (tertiary/aromatic N) is 1. The van der Waals surface area contributed by atoms with E-state index in [1.165, 1.54) is 38.5 Å². The summed E-state index contributed by atoms with van der Waals surface area (Å²) < 4.78 is 23.1. The molecular formula is C51H87N2O6P. The number of phosphoric ester groups is 1. The fourth-order valence-electron chi connectivity index (χ4n) is 5.79. The Kier molecular flexibility index (Phi) is 39.5. The van der Waals surface area contributed by atoms with Crippen LogP contribution in [0.5, 0.6) is 0 Å². The maximum absolute atomic E-state index is 12.8. The number of quaternary nitrogens is 1. The molecule has 342 valence electrons. The number of rotatable bonds is 40. The fourth-order valence-corrected chi connectivity index (χ4v) is 6.52. The highest BCUT2D eigenvalue weighted by Gasteiger charge is 2.23. The standard InChI is InChI=1S/C51H87N2O6P/c1-6-8-10-12-14-16-17-18-19-20-21-22-23-24-25-26-27-28-29-30-31-32-33-34-35-37-39-41-43-45-51(55)52-49(48-59-60(56,57)58-47-46-53(3,4)5)50(54)44-42-40-38-36-15-13-11-9-7-2/h8,10,14-16,18-19,21-22,24-25,27-28,30-31,36,42,44,49-50,54H,6-7,9,11-13,17,20,23,26,29,32-35,37-41,43,45-48H2,1-5H3,(H-,52,55,56,57)/b10-8-,16-14-,19-18-,22-21-,25-24-,28-27-,31-30-,36-15+,44-42+. The lowest BCUT2D eigenvalue weighted by Gasteiger charge is -2.29. The van der Waals surface area contributed by atoms with Crippen LogP contribution in [0, 0.1) is 0 Å². The average molecular weight is 855 g/mol. The van der Waals surface area contributed by atoms with Gasteiger partial charge in [-0.1, -0.05) is 168 Å². The van der Waals surface area contributed by atoms with Crippen molar-refractivity contribution in [3.8, 4) is 0 Å². The molecule has 0 heterocycles. The van der Waals surface area contributed by atoms with Crippen LogP contribution in [0.3, 0.4) is 0 Å². The molecule has 0 aromatic heterocycles. The van der Waals surface area contributed by atoms with Crippen molar-refractivity contribution in [1.29, 1.82) is 0 Å². The third-order valence-electron chi connectivity index (χ3n) is 9.47. The number of allylic oxidation sites excluding steroid dienone is 17. The molecule has 3 atom stereocenters. The molecule has 60 heavy (non-hydrogen) atoms. The van der Waals surface area contributed by atoms with Gasteiger partial charge in [-0.25, -0.2) is 0 Å². The van der Waals surface area contributed by atoms with Crippen LogP contribution in [0.25, 0.3) is 0 Å². The SMILES string of the molecule is CC/C=C\C/C=C\C/C=C\C/C=C\C/C=C\C/C=C\C/C=C\CCCCCCCCCC(=O)NC(COP(=O)([O-])OCC[N+](C)(C)C)C(O)/C=C/CC/C=C/CCCCC. The summed E-state index contributed by atoms with van der Waals surface area (Å²) in [6.07, 6.45) is 60.1. The van der Waals surface area contributed by atoms with Crippen LogP contribution < -0.4 is 10.2 Å². The van der Waals surface area contributed by atoms with Crippen molar-refractivity contribution < 1.29 is 32.9 Å². The number of hydrogen-bond donors (Lipinski definition) is 2. The van der Waals surface area contributed by atoms with E-state index >= 15 is 0 Å². The van der Waals surface area contributed by atoms with Crippen molar-refractivity contribution >= 4 is 13.7 Å². The molecule has 0 rings (SSSR count). The number of carbonyl (C=O) groups excluding carboxylic acids is 1. The van der Waals surface area contributed by atoms with E-state index in [0.29, 0.717) is 17.4 Å². The molecule has 0 aromatic carbocycles. The zero-order chi connectivity index (χ0) is 44.3. The van der Waals surface area contributed by atoms with Gasteiger partial charge >= 0.3 is 0 Å². The minimum atomic E-state index is -4.60. The van der Waals surface area contributed by atoms with Crippen LogP contribution in [0.4, 0.5) is 0 Å². The molecule has 3 unspecified atom stereocenters. The van der Waals surface area contributed by atoms with E-state index in [1.54, 1.807) is 6.08 Å². The number of nitrogens with one attached hydrogen (secondary N) is 1. The van der Waals surface area contributed by atoms with E-state index in [9.17, 15) is 19.4 Å². The smallest absolute Gasteiger partial charge is 0.268 e. The number of amides is 1. The monoisotopic (exact) mass is 855 g/mol. The highest BCUT2D eigenvalue weighted by atomic mass is 31.2. The molecule has 9 heteroatoms. The van der Waals surface area contributed by atoms with Gasteiger partial charge in [0.25, 0.3) is 7.82 Å². The average Bonchev–Trinajstić information content (AvgIpc) is 3.20. The molecule has 0 radical (unpaired) electrons. The quantitative estimate of drug-likeness (QED) is 0.0275. The largest absolute Gasteiger partial charge is 0.756 e. The molecule has 2 N–H and O–H groups in total. The van der Waals surface area contributed by atoms with E-state index in [4.69, 9.17) is 9.05 Å². The maximum Gasteiger partial charge on any atom is 0.268 e. The van der Waals surface area contributed by atoms with Crippen LogP contribution in [0.2, 0.25) is 0 Å². The summed E-state index contributed by atoms with van der Waals surface area (Å²) in [5, 5.41) is 13.7. The third kappa shape index (κ3) is 43.3. The van der Waals surface area contributed by atoms with Gasteiger partial charge in [-0.15, -0.1) is 0 Å². The Morgan fingerprint density at radius 3 is 1.55 bits per heavy atom. The molecule has 0 spiro atoms. The summed E-state index contributed by atoms with van der Waals surface area (Å²) in [5.74, 6) is -0.228. The first-order valence-corrected chi connectivity index (χ1v) is 24.7. The van der Waals surface area contributed by atoms with Crippen LogP contribution in [-0.2, 0) is 18.4 Å². The summed E-state index contributed by atoms with van der Waals surface area (Å²) >= 11 is 0. The van der Waals surface area contributed by atoms with Gasteiger partial charge in [0.2, 0.25) is 5.91 Å². The fraction of sp³-hybridized carbons (Fsp3) is 0.627. The summed E-state index contributed by atoms with van der Waals surface area (Å²) in [6, 6.07) is -0.915. The second-order valence-electron chi connectivity index (χ2n) is 16.4. The highest BCUT2D eigenvalue weighted by Crippen LogP contribution is 2.38. The molecule has 0 bridgehead atoms. The molecule has 0 aliphatic rings. The number of hydrogen-bond acceptors (Lipinski definition) is 6. The summed E-state index contributed by atoms with van der Waals surface area (Å²) in [6.45, 7) is 4.41. The van der Waals surface area contributed by atoms with E-state index in [-0.39, 0.29) is 12.5 Å². The second kappa shape index (κ2) is 41.5. The summed E-state index contributed by atoms with van der Waals surface area (Å²) in [7, 11) is 1.21. The van der Waals surface area contributed by atoms with Gasteiger partial charge in [0.05, 0.1) is 39.9 Å². The van der Waals surface area contributed by atoms with Gasteiger partial charge in [0.1, 0.15) is 13.2 Å². The Labute approximate surface area is 368 Å². The predicted octanol–water partition coefficient (Wildman–Crippen LogP) is 12.7. The Morgan fingerprint density at radius 2 is 1.03 bits per heavy atom. The minimum Gasteiger partial charge on any atom is -0.756 e. The lowest BCUT2D eigenvalue weighted by Crippen LogP contribution is -2.45. The first-order chi connectivity index (χ1) is 29.0. The number of phosphoric acid groups is 1. The molecule has 0 aromatic rings. The third-order valence-corrected chi connectivity index (χ3v) is 10.4. The van der Waals surface area contributed by atoms with Crippen LogP contribution in [0.1, 0.15) is 155 Å². The molecule has 8 nitrogen and oxygen atoms in total. The molecule has 0 aliphatic heterocycles.